The molecule has 0 aliphatic heterocycles. The summed E-state index contributed by atoms with van der Waals surface area (Å²) in [7, 11) is -1.40. The summed E-state index contributed by atoms with van der Waals surface area (Å²) in [5.41, 5.74) is 2.64. The summed E-state index contributed by atoms with van der Waals surface area (Å²) in [4.78, 5) is 0. The van der Waals surface area contributed by atoms with Crippen molar-refractivity contribution < 1.29 is 10.0 Å². The first-order chi connectivity index (χ1) is 7.27. The minimum absolute atomic E-state index is 0.501. The van der Waals surface area contributed by atoms with Crippen LogP contribution in [0.25, 0.3) is 5.57 Å². The average molecular weight is 197 g/mol. The van der Waals surface area contributed by atoms with Gasteiger partial charge in [0.2, 0.25) is 0 Å². The van der Waals surface area contributed by atoms with Gasteiger partial charge in [0.15, 0.2) is 0 Å². The first-order valence-corrected chi connectivity index (χ1v) is 4.70. The zero-order chi connectivity index (χ0) is 10.7. The molecule has 3 heteroatoms. The Kier molecular flexibility index (Phi) is 2.79. The fourth-order valence-corrected chi connectivity index (χ4v) is 1.43. The van der Waals surface area contributed by atoms with Crippen LogP contribution in [0.4, 0.5) is 0 Å². The smallest absolute Gasteiger partial charge is 0.423 e. The van der Waals surface area contributed by atoms with Gasteiger partial charge in [-0.3, -0.25) is 0 Å². The molecule has 0 radical (unpaired) electrons. The molecule has 0 heterocycles. The van der Waals surface area contributed by atoms with Crippen LogP contribution in [0, 0.1) is 6.08 Å². The maximum atomic E-state index is 8.94. The molecule has 2 rings (SSSR count). The van der Waals surface area contributed by atoms with Crippen molar-refractivity contribution in [2.24, 2.45) is 0 Å². The quantitative estimate of drug-likeness (QED) is 0.540. The van der Waals surface area contributed by atoms with Crippen molar-refractivity contribution in [3.63, 3.8) is 0 Å². The van der Waals surface area contributed by atoms with Crippen LogP contribution in [0.1, 0.15) is 5.56 Å². The van der Waals surface area contributed by atoms with Gasteiger partial charge in [-0.05, 0) is 5.46 Å². The zero-order valence-corrected chi connectivity index (χ0v) is 8.09. The molecule has 2 nitrogen and oxygen atoms in total. The van der Waals surface area contributed by atoms with Crippen molar-refractivity contribution in [3.8, 4) is 0 Å². The average Bonchev–Trinajstić information content (AvgIpc) is 2.30. The van der Waals surface area contributed by atoms with Crippen molar-refractivity contribution >= 4 is 18.2 Å². The van der Waals surface area contributed by atoms with Crippen molar-refractivity contribution in [1.82, 2.24) is 0 Å². The van der Waals surface area contributed by atoms with E-state index in [9.17, 15) is 0 Å². The minimum atomic E-state index is -1.40. The maximum Gasteiger partial charge on any atom is 0.488 e. The molecule has 0 saturated carbocycles. The third kappa shape index (κ3) is 2.22. The van der Waals surface area contributed by atoms with Gasteiger partial charge in [-0.1, -0.05) is 24.3 Å². The fourth-order valence-electron chi connectivity index (χ4n) is 1.43. The summed E-state index contributed by atoms with van der Waals surface area (Å²) in [6.07, 6.45) is 10.6. The lowest BCUT2D eigenvalue weighted by atomic mass is 9.80. The second-order valence-corrected chi connectivity index (χ2v) is 3.28. The molecule has 0 amide bonds. The molecule has 0 fully saturated rings. The van der Waals surface area contributed by atoms with E-state index >= 15 is 0 Å². The minimum Gasteiger partial charge on any atom is -0.423 e. The van der Waals surface area contributed by atoms with Crippen molar-refractivity contribution in [2.75, 3.05) is 0 Å². The third-order valence-electron chi connectivity index (χ3n) is 2.26. The molecule has 0 unspecified atom stereocenters. The van der Waals surface area contributed by atoms with Gasteiger partial charge < -0.3 is 10.0 Å². The number of allylic oxidation sites excluding steroid dienone is 6. The Bertz CT molecular complexity index is 427. The molecular formula is C12H10BO2+. The lowest BCUT2D eigenvalue weighted by Crippen LogP contribution is -2.29. The molecule has 1 aliphatic carbocycles. The maximum absolute atomic E-state index is 8.94. The normalized spacial score (nSPS) is 13.3. The molecule has 1 aromatic carbocycles. The Balaban J connectivity index is 2.28. The lowest BCUT2D eigenvalue weighted by molar-refractivity contribution is 0.426. The van der Waals surface area contributed by atoms with E-state index in [0.717, 1.165) is 11.1 Å². The van der Waals surface area contributed by atoms with Crippen LogP contribution in [-0.4, -0.2) is 17.2 Å². The highest BCUT2D eigenvalue weighted by atomic mass is 16.4. The summed E-state index contributed by atoms with van der Waals surface area (Å²) < 4.78 is 0. The summed E-state index contributed by atoms with van der Waals surface area (Å²) >= 11 is 0. The molecule has 72 valence electrons. The highest BCUT2D eigenvalue weighted by Crippen LogP contribution is 2.17. The molecule has 1 aromatic rings. The first-order valence-electron chi connectivity index (χ1n) is 4.70. The largest absolute Gasteiger partial charge is 0.488 e. The van der Waals surface area contributed by atoms with Crippen LogP contribution >= 0.6 is 0 Å². The second kappa shape index (κ2) is 4.24. The summed E-state index contributed by atoms with van der Waals surface area (Å²) in [5.74, 6) is 0. The fraction of sp³-hybridized carbons (Fsp3) is 0. The molecule has 0 atom stereocenters. The van der Waals surface area contributed by atoms with Gasteiger partial charge in [-0.25, -0.2) is 0 Å². The Labute approximate surface area is 89.0 Å². The summed E-state index contributed by atoms with van der Waals surface area (Å²) in [5, 5.41) is 17.9. The first kappa shape index (κ1) is 9.87. The van der Waals surface area contributed by atoms with Gasteiger partial charge in [0, 0.05) is 11.6 Å². The molecule has 1 aliphatic rings. The molecule has 0 aromatic heterocycles. The van der Waals surface area contributed by atoms with Crippen LogP contribution in [0.3, 0.4) is 0 Å². The van der Waals surface area contributed by atoms with E-state index in [1.54, 1.807) is 12.1 Å². The third-order valence-corrected chi connectivity index (χ3v) is 2.26. The predicted molar refractivity (Wildman–Crippen MR) is 61.2 cm³/mol. The molecule has 2 N–H and O–H groups in total. The van der Waals surface area contributed by atoms with Crippen molar-refractivity contribution in [3.05, 3.63) is 60.2 Å². The van der Waals surface area contributed by atoms with Crippen LogP contribution in [0.2, 0.25) is 0 Å². The van der Waals surface area contributed by atoms with E-state index in [1.807, 2.05) is 36.4 Å². The van der Waals surface area contributed by atoms with E-state index in [4.69, 9.17) is 10.0 Å². The number of rotatable bonds is 2. The summed E-state index contributed by atoms with van der Waals surface area (Å²) in [6, 6.07) is 7.14. The van der Waals surface area contributed by atoms with Gasteiger partial charge >= 0.3 is 7.12 Å². The summed E-state index contributed by atoms with van der Waals surface area (Å²) in [6.45, 7) is 0. The number of benzene rings is 1. The van der Waals surface area contributed by atoms with Gasteiger partial charge in [0.05, 0.1) is 17.7 Å². The second-order valence-electron chi connectivity index (χ2n) is 3.28. The standard InChI is InChI=1S/C12H10BO2/c14-13(15)12-8-6-11(7-9-12)10-4-2-1-3-5-10/h2-9,14-15H/q+1. The van der Waals surface area contributed by atoms with E-state index in [0.29, 0.717) is 5.46 Å². The van der Waals surface area contributed by atoms with Gasteiger partial charge in [0.1, 0.15) is 12.2 Å². The Morgan fingerprint density at radius 3 is 2.33 bits per heavy atom. The molecular weight excluding hydrogens is 187 g/mol. The highest BCUT2D eigenvalue weighted by Gasteiger charge is 2.11. The van der Waals surface area contributed by atoms with Gasteiger partial charge in [-0.15, -0.1) is 0 Å². The van der Waals surface area contributed by atoms with E-state index < -0.39 is 7.12 Å². The van der Waals surface area contributed by atoms with E-state index in [1.165, 1.54) is 0 Å². The predicted octanol–water partition coefficient (Wildman–Crippen LogP) is 0.679. The lowest BCUT2D eigenvalue weighted by Gasteiger charge is -2.01. The van der Waals surface area contributed by atoms with Crippen LogP contribution < -0.4 is 5.46 Å². The number of hydrogen-bond acceptors (Lipinski definition) is 2. The molecule has 15 heavy (non-hydrogen) atoms. The topological polar surface area (TPSA) is 40.5 Å². The Hall–Kier alpha value is -1.67. The van der Waals surface area contributed by atoms with Gasteiger partial charge in [0.25, 0.3) is 0 Å². The molecule has 0 spiro atoms. The molecule has 0 saturated heterocycles. The van der Waals surface area contributed by atoms with E-state index in [2.05, 4.69) is 6.08 Å². The van der Waals surface area contributed by atoms with Gasteiger partial charge in [-0.2, -0.15) is 0 Å². The van der Waals surface area contributed by atoms with Crippen molar-refractivity contribution in [2.45, 2.75) is 0 Å². The highest BCUT2D eigenvalue weighted by molar-refractivity contribution is 6.58. The SMILES string of the molecule is OB(O)c1ccc(C2=CC=[C+]C=C2)cc1. The number of hydrogen-bond donors (Lipinski definition) is 2. The van der Waals surface area contributed by atoms with E-state index in [-0.39, 0.29) is 0 Å². The van der Waals surface area contributed by atoms with Crippen LogP contribution in [-0.2, 0) is 0 Å². The monoisotopic (exact) mass is 197 g/mol. The zero-order valence-electron chi connectivity index (χ0n) is 8.09. The van der Waals surface area contributed by atoms with Crippen LogP contribution in [0.15, 0.2) is 48.6 Å². The molecule has 0 bridgehead atoms. The van der Waals surface area contributed by atoms with Crippen LogP contribution in [0.5, 0.6) is 0 Å². The Morgan fingerprint density at radius 1 is 1.07 bits per heavy atom. The van der Waals surface area contributed by atoms with Crippen molar-refractivity contribution in [1.29, 1.82) is 0 Å². The Morgan fingerprint density at radius 2 is 1.80 bits per heavy atom.